The number of carbonyl (C=O) groups is 1. The van der Waals surface area contributed by atoms with Gasteiger partial charge in [-0.15, -0.1) is 0 Å². The molecule has 0 saturated carbocycles. The van der Waals surface area contributed by atoms with Crippen LogP contribution in [-0.2, 0) is 23.8 Å². The van der Waals surface area contributed by atoms with Crippen LogP contribution in [0.25, 0.3) is 11.0 Å². The van der Waals surface area contributed by atoms with Crippen LogP contribution < -0.4 is 10.1 Å². The number of rotatable bonds is 6. The van der Waals surface area contributed by atoms with Gasteiger partial charge in [-0.2, -0.15) is 0 Å². The minimum atomic E-state index is -0.185. The van der Waals surface area contributed by atoms with E-state index in [1.54, 1.807) is 0 Å². The summed E-state index contributed by atoms with van der Waals surface area (Å²) >= 11 is 0. The first-order valence-electron chi connectivity index (χ1n) is 12.0. The number of likely N-dealkylation sites (tertiary alicyclic amines) is 1. The number of benzene rings is 2. The Balaban J connectivity index is 1.36. The smallest absolute Gasteiger partial charge is 0.262 e. The van der Waals surface area contributed by atoms with Crippen LogP contribution in [0.15, 0.2) is 42.5 Å². The summed E-state index contributed by atoms with van der Waals surface area (Å²) in [5.74, 6) is 1.57. The third-order valence-corrected chi connectivity index (χ3v) is 6.41. The summed E-state index contributed by atoms with van der Waals surface area (Å²) in [4.78, 5) is 19.8. The predicted molar refractivity (Wildman–Crippen MR) is 134 cm³/mol. The van der Waals surface area contributed by atoms with Crippen molar-refractivity contribution in [3.63, 3.8) is 0 Å². The van der Waals surface area contributed by atoms with Crippen molar-refractivity contribution in [2.24, 2.45) is 7.05 Å². The van der Waals surface area contributed by atoms with Gasteiger partial charge in [0, 0.05) is 12.7 Å². The third kappa shape index (κ3) is 5.93. The van der Waals surface area contributed by atoms with Crippen molar-refractivity contribution >= 4 is 22.6 Å². The molecule has 2 heterocycles. The fourth-order valence-corrected chi connectivity index (χ4v) is 4.36. The van der Waals surface area contributed by atoms with Gasteiger partial charge in [0.05, 0.1) is 17.6 Å². The highest BCUT2D eigenvalue weighted by atomic mass is 16.5. The average molecular weight is 449 g/mol. The molecule has 2 aromatic carbocycles. The first-order chi connectivity index (χ1) is 15.8. The first kappa shape index (κ1) is 23.3. The molecule has 33 heavy (non-hydrogen) atoms. The Kier molecular flexibility index (Phi) is 7.03. The normalized spacial score (nSPS) is 15.4. The number of carbonyl (C=O) groups excluding carboxylic acids is 1. The average Bonchev–Trinajstić information content (AvgIpc) is 2.93. The van der Waals surface area contributed by atoms with E-state index in [2.05, 4.69) is 42.6 Å². The molecule has 0 spiro atoms. The number of nitrogens with one attached hydrogen (secondary N) is 1. The van der Waals surface area contributed by atoms with Crippen molar-refractivity contribution in [1.29, 1.82) is 0 Å². The fourth-order valence-electron chi connectivity index (χ4n) is 4.36. The van der Waals surface area contributed by atoms with E-state index >= 15 is 0 Å². The maximum atomic E-state index is 12.4. The molecule has 0 aliphatic carbocycles. The second-order valence-electron chi connectivity index (χ2n) is 10.1. The van der Waals surface area contributed by atoms with Crippen molar-refractivity contribution < 1.29 is 9.53 Å². The molecule has 0 radical (unpaired) electrons. The largest absolute Gasteiger partial charge is 0.484 e. The van der Waals surface area contributed by atoms with E-state index in [1.807, 2.05) is 42.5 Å². The Morgan fingerprint density at radius 2 is 1.73 bits per heavy atom. The van der Waals surface area contributed by atoms with Crippen molar-refractivity contribution in [2.75, 3.05) is 25.0 Å². The zero-order valence-corrected chi connectivity index (χ0v) is 20.4. The summed E-state index contributed by atoms with van der Waals surface area (Å²) < 4.78 is 7.84. The lowest BCUT2D eigenvalue weighted by Gasteiger charge is -2.19. The molecule has 0 atom stereocenters. The van der Waals surface area contributed by atoms with Crippen molar-refractivity contribution in [3.8, 4) is 5.75 Å². The monoisotopic (exact) mass is 448 g/mol. The molecular weight excluding hydrogens is 412 g/mol. The zero-order chi connectivity index (χ0) is 23.4. The minimum absolute atomic E-state index is 0.0324. The lowest BCUT2D eigenvalue weighted by molar-refractivity contribution is -0.118. The maximum Gasteiger partial charge on any atom is 0.262 e. The fraction of sp³-hybridized carbons (Fsp3) is 0.481. The maximum absolute atomic E-state index is 12.4. The molecule has 0 bridgehead atoms. The number of hydrogen-bond donors (Lipinski definition) is 1. The molecule has 1 aliphatic rings. The van der Waals surface area contributed by atoms with E-state index in [0.717, 1.165) is 42.2 Å². The van der Waals surface area contributed by atoms with E-state index in [9.17, 15) is 4.79 Å². The van der Waals surface area contributed by atoms with Gasteiger partial charge in [-0.05, 0) is 67.2 Å². The molecule has 1 amide bonds. The number of fused-ring (bicyclic) bond motifs is 1. The van der Waals surface area contributed by atoms with Gasteiger partial charge in [-0.3, -0.25) is 9.69 Å². The van der Waals surface area contributed by atoms with Gasteiger partial charge in [0.1, 0.15) is 11.6 Å². The molecule has 6 nitrogen and oxygen atoms in total. The number of amides is 1. The topological polar surface area (TPSA) is 59.4 Å². The predicted octanol–water partition coefficient (Wildman–Crippen LogP) is 5.26. The zero-order valence-electron chi connectivity index (χ0n) is 20.4. The SMILES string of the molecule is Cn1c(CN2CCCCCC2)nc2cc(NC(=O)COc3ccc(C(C)(C)C)cc3)ccc21. The lowest BCUT2D eigenvalue weighted by atomic mass is 9.87. The van der Waals surface area contributed by atoms with E-state index < -0.39 is 0 Å². The number of hydrogen-bond acceptors (Lipinski definition) is 4. The van der Waals surface area contributed by atoms with Crippen molar-refractivity contribution in [3.05, 3.63) is 53.9 Å². The number of nitrogens with zero attached hydrogens (tertiary/aromatic N) is 3. The molecule has 4 rings (SSSR count). The Bertz CT molecular complexity index is 1090. The Hall–Kier alpha value is -2.86. The van der Waals surface area contributed by atoms with Crippen LogP contribution in [0, 0.1) is 0 Å². The number of aryl methyl sites for hydroxylation is 1. The highest BCUT2D eigenvalue weighted by molar-refractivity contribution is 5.94. The van der Waals surface area contributed by atoms with Gasteiger partial charge in [-0.25, -0.2) is 4.98 Å². The molecule has 1 fully saturated rings. The Labute approximate surface area is 196 Å². The standard InChI is InChI=1S/C27H36N4O2/c1-27(2,3)20-9-12-22(13-10-20)33-19-26(32)28-21-11-14-24-23(17-21)29-25(30(24)4)18-31-15-7-5-6-8-16-31/h9-14,17H,5-8,15-16,18-19H2,1-4H3,(H,28,32). The Morgan fingerprint density at radius 1 is 1.03 bits per heavy atom. The Morgan fingerprint density at radius 3 is 2.39 bits per heavy atom. The van der Waals surface area contributed by atoms with Gasteiger partial charge < -0.3 is 14.6 Å². The molecule has 1 N–H and O–H groups in total. The van der Waals surface area contributed by atoms with E-state index in [-0.39, 0.29) is 17.9 Å². The van der Waals surface area contributed by atoms with E-state index in [0.29, 0.717) is 5.75 Å². The van der Waals surface area contributed by atoms with Crippen LogP contribution in [0.2, 0.25) is 0 Å². The summed E-state index contributed by atoms with van der Waals surface area (Å²) in [7, 11) is 2.07. The van der Waals surface area contributed by atoms with E-state index in [4.69, 9.17) is 9.72 Å². The number of imidazole rings is 1. The highest BCUT2D eigenvalue weighted by Gasteiger charge is 2.16. The summed E-state index contributed by atoms with van der Waals surface area (Å²) in [6.45, 7) is 9.64. The van der Waals surface area contributed by atoms with Gasteiger partial charge in [0.25, 0.3) is 5.91 Å². The number of aromatic nitrogens is 2. The lowest BCUT2D eigenvalue weighted by Crippen LogP contribution is -2.25. The quantitative estimate of drug-likeness (QED) is 0.558. The van der Waals surface area contributed by atoms with Gasteiger partial charge >= 0.3 is 0 Å². The summed E-state index contributed by atoms with van der Waals surface area (Å²) in [6, 6.07) is 13.8. The molecule has 1 aliphatic heterocycles. The molecule has 6 heteroatoms. The second kappa shape index (κ2) is 9.96. The first-order valence-corrected chi connectivity index (χ1v) is 12.0. The van der Waals surface area contributed by atoms with Crippen LogP contribution in [0.3, 0.4) is 0 Å². The van der Waals surface area contributed by atoms with Crippen LogP contribution in [0.4, 0.5) is 5.69 Å². The number of ether oxygens (including phenoxy) is 1. The molecule has 3 aromatic rings. The summed E-state index contributed by atoms with van der Waals surface area (Å²) in [5, 5.41) is 2.93. The van der Waals surface area contributed by atoms with Gasteiger partial charge in [-0.1, -0.05) is 45.7 Å². The summed E-state index contributed by atoms with van der Waals surface area (Å²) in [5.41, 5.74) is 4.04. The van der Waals surface area contributed by atoms with Crippen molar-refractivity contribution in [1.82, 2.24) is 14.5 Å². The molecule has 1 saturated heterocycles. The molecular formula is C27H36N4O2. The van der Waals surface area contributed by atoms with Crippen LogP contribution in [-0.4, -0.2) is 40.1 Å². The highest BCUT2D eigenvalue weighted by Crippen LogP contribution is 2.25. The van der Waals surface area contributed by atoms with Crippen LogP contribution >= 0.6 is 0 Å². The van der Waals surface area contributed by atoms with Gasteiger partial charge in [0.2, 0.25) is 0 Å². The van der Waals surface area contributed by atoms with Crippen molar-refractivity contribution in [2.45, 2.75) is 58.4 Å². The van der Waals surface area contributed by atoms with Crippen LogP contribution in [0.1, 0.15) is 57.8 Å². The van der Waals surface area contributed by atoms with Crippen LogP contribution in [0.5, 0.6) is 5.75 Å². The van der Waals surface area contributed by atoms with Gasteiger partial charge in [0.15, 0.2) is 6.61 Å². The molecule has 0 unspecified atom stereocenters. The van der Waals surface area contributed by atoms with E-state index in [1.165, 1.54) is 31.2 Å². The minimum Gasteiger partial charge on any atom is -0.484 e. The molecule has 176 valence electrons. The number of anilines is 1. The third-order valence-electron chi connectivity index (χ3n) is 6.41. The second-order valence-corrected chi connectivity index (χ2v) is 10.1. The summed E-state index contributed by atoms with van der Waals surface area (Å²) in [6.07, 6.45) is 5.19. The molecule has 1 aromatic heterocycles.